The van der Waals surface area contributed by atoms with Gasteiger partial charge in [0.1, 0.15) is 0 Å². The van der Waals surface area contributed by atoms with E-state index in [0.717, 1.165) is 39.3 Å². The first kappa shape index (κ1) is 17.3. The average molecular weight is 311 g/mol. The predicted molar refractivity (Wildman–Crippen MR) is 89.5 cm³/mol. The van der Waals surface area contributed by atoms with Gasteiger partial charge in [0, 0.05) is 45.9 Å². The van der Waals surface area contributed by atoms with Crippen molar-refractivity contribution in [1.82, 2.24) is 15.1 Å². The third kappa shape index (κ3) is 4.70. The highest BCUT2D eigenvalue weighted by atomic mass is 16.2. The quantitative estimate of drug-likeness (QED) is 0.810. The number of likely N-dealkylation sites (tertiary alicyclic amines) is 2. The van der Waals surface area contributed by atoms with Crippen LogP contribution >= 0.6 is 0 Å². The van der Waals surface area contributed by atoms with E-state index >= 15 is 0 Å². The van der Waals surface area contributed by atoms with Crippen molar-refractivity contribution in [2.24, 2.45) is 17.8 Å². The molecule has 2 amide bonds. The molecule has 2 saturated heterocycles. The molecule has 0 unspecified atom stereocenters. The fourth-order valence-corrected chi connectivity index (χ4v) is 3.30. The Balaban J connectivity index is 0.00000264. The Hall–Kier alpha value is -1.10. The minimum absolute atomic E-state index is 0. The molecule has 0 aromatic rings. The second kappa shape index (κ2) is 7.95. The van der Waals surface area contributed by atoms with Gasteiger partial charge in [0.05, 0.1) is 0 Å². The van der Waals surface area contributed by atoms with Gasteiger partial charge in [0.25, 0.3) is 0 Å². The lowest BCUT2D eigenvalue weighted by Gasteiger charge is -2.43. The SMILES string of the molecule is CCC(=O)N1CC(CN2CCC(CNC(=O)C(C)C)CC2)C1.[HH]. The molecule has 0 atom stereocenters. The van der Waals surface area contributed by atoms with Crippen molar-refractivity contribution < 1.29 is 11.0 Å². The molecule has 2 fully saturated rings. The van der Waals surface area contributed by atoms with Gasteiger partial charge in [-0.15, -0.1) is 0 Å². The van der Waals surface area contributed by atoms with Gasteiger partial charge in [-0.05, 0) is 31.8 Å². The maximum absolute atomic E-state index is 11.6. The first-order chi connectivity index (χ1) is 10.5. The molecule has 0 radical (unpaired) electrons. The molecule has 5 nitrogen and oxygen atoms in total. The molecular formula is C17H33N3O2. The van der Waals surface area contributed by atoms with Crippen LogP contribution in [0.3, 0.4) is 0 Å². The topological polar surface area (TPSA) is 52.7 Å². The zero-order valence-corrected chi connectivity index (χ0v) is 14.3. The van der Waals surface area contributed by atoms with Crippen molar-refractivity contribution in [2.45, 2.75) is 40.0 Å². The number of nitrogens with zero attached hydrogens (tertiary/aromatic N) is 2. The second-order valence-electron chi connectivity index (χ2n) is 7.16. The summed E-state index contributed by atoms with van der Waals surface area (Å²) in [7, 11) is 0. The lowest BCUT2D eigenvalue weighted by atomic mass is 9.93. The van der Waals surface area contributed by atoms with Crippen LogP contribution in [0.2, 0.25) is 0 Å². The third-order valence-corrected chi connectivity index (χ3v) is 4.93. The molecule has 0 aromatic carbocycles. The molecule has 128 valence electrons. The molecule has 5 heteroatoms. The fourth-order valence-electron chi connectivity index (χ4n) is 3.30. The van der Waals surface area contributed by atoms with Crippen LogP contribution in [0.5, 0.6) is 0 Å². The minimum Gasteiger partial charge on any atom is -0.356 e. The van der Waals surface area contributed by atoms with Crippen LogP contribution in [0.25, 0.3) is 0 Å². The number of hydrogen-bond donors (Lipinski definition) is 1. The van der Waals surface area contributed by atoms with Gasteiger partial charge in [0.2, 0.25) is 11.8 Å². The predicted octanol–water partition coefficient (Wildman–Crippen LogP) is 1.58. The van der Waals surface area contributed by atoms with E-state index in [1.165, 1.54) is 12.8 Å². The Morgan fingerprint density at radius 2 is 1.82 bits per heavy atom. The summed E-state index contributed by atoms with van der Waals surface area (Å²) in [6.45, 7) is 11.9. The molecule has 0 spiro atoms. The molecule has 1 N–H and O–H groups in total. The number of carbonyl (C=O) groups excluding carboxylic acids is 2. The van der Waals surface area contributed by atoms with Gasteiger partial charge in [0.15, 0.2) is 0 Å². The molecule has 2 aliphatic heterocycles. The van der Waals surface area contributed by atoms with Crippen molar-refractivity contribution in [2.75, 3.05) is 39.3 Å². The smallest absolute Gasteiger partial charge is 0.222 e. The largest absolute Gasteiger partial charge is 0.356 e. The van der Waals surface area contributed by atoms with Crippen LogP contribution in [-0.4, -0.2) is 60.9 Å². The van der Waals surface area contributed by atoms with E-state index in [-0.39, 0.29) is 19.2 Å². The molecule has 2 heterocycles. The maximum atomic E-state index is 11.6. The molecule has 2 aliphatic rings. The summed E-state index contributed by atoms with van der Waals surface area (Å²) in [6.07, 6.45) is 2.96. The van der Waals surface area contributed by atoms with Crippen molar-refractivity contribution in [3.05, 3.63) is 0 Å². The summed E-state index contributed by atoms with van der Waals surface area (Å²) in [5, 5.41) is 3.05. The third-order valence-electron chi connectivity index (χ3n) is 4.93. The lowest BCUT2D eigenvalue weighted by Crippen LogP contribution is -2.54. The van der Waals surface area contributed by atoms with E-state index in [1.54, 1.807) is 0 Å². The van der Waals surface area contributed by atoms with Gasteiger partial charge < -0.3 is 15.1 Å². The summed E-state index contributed by atoms with van der Waals surface area (Å²) in [6, 6.07) is 0. The van der Waals surface area contributed by atoms with Crippen LogP contribution in [0.15, 0.2) is 0 Å². The Kier molecular flexibility index (Phi) is 6.24. The Bertz CT molecular complexity index is 389. The van der Waals surface area contributed by atoms with Crippen molar-refractivity contribution in [1.29, 1.82) is 0 Å². The van der Waals surface area contributed by atoms with Crippen molar-refractivity contribution >= 4 is 11.8 Å². The van der Waals surface area contributed by atoms with E-state index in [9.17, 15) is 9.59 Å². The first-order valence-corrected chi connectivity index (χ1v) is 8.77. The number of piperidine rings is 1. The monoisotopic (exact) mass is 311 g/mol. The fraction of sp³-hybridized carbons (Fsp3) is 0.882. The first-order valence-electron chi connectivity index (χ1n) is 8.77. The highest BCUT2D eigenvalue weighted by Gasteiger charge is 2.31. The van der Waals surface area contributed by atoms with Crippen molar-refractivity contribution in [3.8, 4) is 0 Å². The summed E-state index contributed by atoms with van der Waals surface area (Å²) in [4.78, 5) is 27.6. The van der Waals surface area contributed by atoms with Crippen LogP contribution in [0.4, 0.5) is 0 Å². The normalized spacial score (nSPS) is 21.0. The van der Waals surface area contributed by atoms with Crippen LogP contribution in [-0.2, 0) is 9.59 Å². The molecule has 0 aliphatic carbocycles. The zero-order chi connectivity index (χ0) is 16.1. The number of hydrogen-bond acceptors (Lipinski definition) is 3. The zero-order valence-electron chi connectivity index (χ0n) is 14.3. The highest BCUT2D eigenvalue weighted by molar-refractivity contribution is 5.77. The van der Waals surface area contributed by atoms with Gasteiger partial charge >= 0.3 is 0 Å². The summed E-state index contributed by atoms with van der Waals surface area (Å²) < 4.78 is 0. The molecule has 0 saturated carbocycles. The summed E-state index contributed by atoms with van der Waals surface area (Å²) in [5.41, 5.74) is 0. The van der Waals surface area contributed by atoms with Gasteiger partial charge in [-0.3, -0.25) is 9.59 Å². The Morgan fingerprint density at radius 3 is 2.36 bits per heavy atom. The van der Waals surface area contributed by atoms with Gasteiger partial charge in [-0.2, -0.15) is 0 Å². The van der Waals surface area contributed by atoms with E-state index in [0.29, 0.717) is 18.3 Å². The van der Waals surface area contributed by atoms with E-state index in [2.05, 4.69) is 10.2 Å². The number of amides is 2. The standard InChI is InChI=1S/C17H31N3O2.H2/c1-4-16(21)20-11-15(12-20)10-19-7-5-14(6-8-19)9-18-17(22)13(2)3;/h13-15H,4-12H2,1-3H3,(H,18,22);1H. The molecular weight excluding hydrogens is 278 g/mol. The number of rotatable bonds is 6. The van der Waals surface area contributed by atoms with Crippen LogP contribution in [0, 0.1) is 17.8 Å². The van der Waals surface area contributed by atoms with Crippen molar-refractivity contribution in [3.63, 3.8) is 0 Å². The summed E-state index contributed by atoms with van der Waals surface area (Å²) in [5.74, 6) is 1.81. The summed E-state index contributed by atoms with van der Waals surface area (Å²) >= 11 is 0. The Morgan fingerprint density at radius 1 is 1.18 bits per heavy atom. The van der Waals surface area contributed by atoms with E-state index < -0.39 is 0 Å². The van der Waals surface area contributed by atoms with E-state index in [4.69, 9.17) is 0 Å². The lowest BCUT2D eigenvalue weighted by molar-refractivity contribution is -0.137. The maximum Gasteiger partial charge on any atom is 0.222 e. The minimum atomic E-state index is 0. The number of carbonyl (C=O) groups is 2. The Labute approximate surface area is 135 Å². The second-order valence-corrected chi connectivity index (χ2v) is 7.16. The molecule has 0 bridgehead atoms. The average Bonchev–Trinajstić information content (AvgIpc) is 2.48. The molecule has 0 aromatic heterocycles. The van der Waals surface area contributed by atoms with Gasteiger partial charge in [-0.1, -0.05) is 20.8 Å². The van der Waals surface area contributed by atoms with Crippen LogP contribution < -0.4 is 5.32 Å². The number of nitrogens with one attached hydrogen (secondary N) is 1. The van der Waals surface area contributed by atoms with Crippen LogP contribution in [0.1, 0.15) is 41.5 Å². The molecule has 2 rings (SSSR count). The van der Waals surface area contributed by atoms with Gasteiger partial charge in [-0.25, -0.2) is 0 Å². The van der Waals surface area contributed by atoms with E-state index in [1.807, 2.05) is 25.7 Å². The highest BCUT2D eigenvalue weighted by Crippen LogP contribution is 2.22. The molecule has 22 heavy (non-hydrogen) atoms.